The number of hydrogen-bond donors (Lipinski definition) is 0. The highest BCUT2D eigenvalue weighted by Crippen LogP contribution is 2.34. The summed E-state index contributed by atoms with van der Waals surface area (Å²) in [6, 6.07) is 13.8. The summed E-state index contributed by atoms with van der Waals surface area (Å²) in [6.45, 7) is 2.87. The number of likely N-dealkylation sites (N-methyl/N-ethyl adjacent to an activating group) is 1. The van der Waals surface area contributed by atoms with E-state index in [0.717, 1.165) is 18.0 Å². The number of anilines is 1. The third-order valence-electron chi connectivity index (χ3n) is 6.59. The van der Waals surface area contributed by atoms with E-state index < -0.39 is 6.10 Å². The fraction of sp³-hybridized carbons (Fsp3) is 0.360. The first-order valence-corrected chi connectivity index (χ1v) is 11.4. The fourth-order valence-corrected chi connectivity index (χ4v) is 4.61. The molecule has 5 rings (SSSR count). The Morgan fingerprint density at radius 3 is 2.21 bits per heavy atom. The standard InChI is InChI=1S/C25H26N4O5/c1-26-12-14-27(15-13-26)25(33)21-16-29(19-8-4-5-9-20(19)34-21)22(30)10-11-28-23(31)17-6-2-3-7-18(17)24(28)32/h2-9,21H,10-16H2,1H3/t21-/m0/s1. The number of hydrogen-bond acceptors (Lipinski definition) is 6. The highest BCUT2D eigenvalue weighted by Gasteiger charge is 2.38. The molecule has 1 atom stereocenters. The van der Waals surface area contributed by atoms with Crippen molar-refractivity contribution in [1.29, 1.82) is 0 Å². The van der Waals surface area contributed by atoms with Gasteiger partial charge in [0.25, 0.3) is 17.7 Å². The number of carbonyl (C=O) groups is 4. The molecule has 0 spiro atoms. The predicted octanol–water partition coefficient (Wildman–Crippen LogP) is 1.24. The van der Waals surface area contributed by atoms with Crippen LogP contribution in [0.25, 0.3) is 0 Å². The molecule has 2 aromatic carbocycles. The van der Waals surface area contributed by atoms with E-state index >= 15 is 0 Å². The van der Waals surface area contributed by atoms with Crippen LogP contribution in [0, 0.1) is 0 Å². The topological polar surface area (TPSA) is 90.5 Å². The Labute approximate surface area is 197 Å². The lowest BCUT2D eigenvalue weighted by molar-refractivity contribution is -0.140. The molecule has 3 aliphatic rings. The van der Waals surface area contributed by atoms with Gasteiger partial charge in [0.1, 0.15) is 5.75 Å². The second-order valence-electron chi connectivity index (χ2n) is 8.76. The first kappa shape index (κ1) is 22.1. The van der Waals surface area contributed by atoms with Crippen molar-refractivity contribution in [3.05, 3.63) is 59.7 Å². The molecule has 1 fully saturated rings. The molecule has 0 aliphatic carbocycles. The Morgan fingerprint density at radius 2 is 1.53 bits per heavy atom. The first-order chi connectivity index (χ1) is 16.4. The second kappa shape index (κ2) is 8.90. The minimum Gasteiger partial charge on any atom is -0.476 e. The molecule has 0 bridgehead atoms. The number of rotatable bonds is 4. The number of piperazine rings is 1. The third-order valence-corrected chi connectivity index (χ3v) is 6.59. The van der Waals surface area contributed by atoms with E-state index in [4.69, 9.17) is 4.74 Å². The van der Waals surface area contributed by atoms with Crippen LogP contribution in [0.3, 0.4) is 0 Å². The van der Waals surface area contributed by atoms with E-state index in [9.17, 15) is 19.2 Å². The number of amides is 4. The van der Waals surface area contributed by atoms with E-state index in [2.05, 4.69) is 4.90 Å². The summed E-state index contributed by atoms with van der Waals surface area (Å²) >= 11 is 0. The lowest BCUT2D eigenvalue weighted by atomic mass is 10.1. The summed E-state index contributed by atoms with van der Waals surface area (Å²) in [4.78, 5) is 58.3. The number of para-hydroxylation sites is 2. The molecular formula is C25H26N4O5. The highest BCUT2D eigenvalue weighted by molar-refractivity contribution is 6.21. The maximum absolute atomic E-state index is 13.3. The zero-order valence-corrected chi connectivity index (χ0v) is 19.0. The molecule has 1 saturated heterocycles. The molecule has 2 aromatic rings. The fourth-order valence-electron chi connectivity index (χ4n) is 4.61. The molecule has 3 aliphatic heterocycles. The van der Waals surface area contributed by atoms with Crippen LogP contribution in [0.2, 0.25) is 0 Å². The van der Waals surface area contributed by atoms with Gasteiger partial charge in [0.15, 0.2) is 6.10 Å². The Hall–Kier alpha value is -3.72. The average Bonchev–Trinajstić information content (AvgIpc) is 3.11. The minimum atomic E-state index is -0.804. The number of carbonyl (C=O) groups excluding carboxylic acids is 4. The first-order valence-electron chi connectivity index (χ1n) is 11.4. The van der Waals surface area contributed by atoms with Crippen molar-refractivity contribution >= 4 is 29.3 Å². The Bertz CT molecular complexity index is 1120. The zero-order valence-electron chi connectivity index (χ0n) is 19.0. The molecule has 9 heteroatoms. The molecule has 9 nitrogen and oxygen atoms in total. The van der Waals surface area contributed by atoms with E-state index in [1.165, 1.54) is 4.90 Å². The molecule has 3 heterocycles. The van der Waals surface area contributed by atoms with Crippen LogP contribution in [0.1, 0.15) is 27.1 Å². The molecular weight excluding hydrogens is 436 g/mol. The van der Waals surface area contributed by atoms with Crippen LogP contribution in [-0.4, -0.2) is 90.7 Å². The summed E-state index contributed by atoms with van der Waals surface area (Å²) in [6.07, 6.45) is -0.851. The quantitative estimate of drug-likeness (QED) is 0.635. The third kappa shape index (κ3) is 3.92. The van der Waals surface area contributed by atoms with Crippen LogP contribution in [0.15, 0.2) is 48.5 Å². The van der Waals surface area contributed by atoms with Crippen molar-refractivity contribution in [3.63, 3.8) is 0 Å². The van der Waals surface area contributed by atoms with Gasteiger partial charge in [-0.1, -0.05) is 24.3 Å². The minimum absolute atomic E-state index is 0.0260. The van der Waals surface area contributed by atoms with Gasteiger partial charge in [0, 0.05) is 39.1 Å². The van der Waals surface area contributed by atoms with Crippen molar-refractivity contribution < 1.29 is 23.9 Å². The van der Waals surface area contributed by atoms with E-state index in [0.29, 0.717) is 35.7 Å². The van der Waals surface area contributed by atoms with Gasteiger partial charge in [0.2, 0.25) is 5.91 Å². The summed E-state index contributed by atoms with van der Waals surface area (Å²) < 4.78 is 5.99. The Kier molecular flexibility index (Phi) is 5.79. The monoisotopic (exact) mass is 462 g/mol. The molecule has 0 unspecified atom stereocenters. The largest absolute Gasteiger partial charge is 0.476 e. The number of benzene rings is 2. The smallest absolute Gasteiger partial charge is 0.265 e. The summed E-state index contributed by atoms with van der Waals surface area (Å²) in [7, 11) is 2.02. The van der Waals surface area contributed by atoms with Crippen molar-refractivity contribution in [2.24, 2.45) is 0 Å². The maximum atomic E-state index is 13.3. The van der Waals surface area contributed by atoms with E-state index in [-0.39, 0.29) is 43.1 Å². The average molecular weight is 463 g/mol. The van der Waals surface area contributed by atoms with Gasteiger partial charge >= 0.3 is 0 Å². The van der Waals surface area contributed by atoms with Crippen LogP contribution in [0.5, 0.6) is 5.75 Å². The van der Waals surface area contributed by atoms with Crippen LogP contribution < -0.4 is 9.64 Å². The summed E-state index contributed by atoms with van der Waals surface area (Å²) in [5, 5.41) is 0. The number of nitrogens with zero attached hydrogens (tertiary/aromatic N) is 4. The predicted molar refractivity (Wildman–Crippen MR) is 124 cm³/mol. The van der Waals surface area contributed by atoms with Crippen molar-refractivity contribution in [1.82, 2.24) is 14.7 Å². The van der Waals surface area contributed by atoms with Crippen molar-refractivity contribution in [2.75, 3.05) is 51.2 Å². The molecule has 0 saturated carbocycles. The Balaban J connectivity index is 1.30. The highest BCUT2D eigenvalue weighted by atomic mass is 16.5. The molecule has 0 radical (unpaired) electrons. The zero-order chi connectivity index (χ0) is 23.8. The van der Waals surface area contributed by atoms with Crippen molar-refractivity contribution in [3.8, 4) is 5.75 Å². The molecule has 176 valence electrons. The number of ether oxygens (including phenoxy) is 1. The Morgan fingerprint density at radius 1 is 0.912 bits per heavy atom. The number of fused-ring (bicyclic) bond motifs is 2. The van der Waals surface area contributed by atoms with Gasteiger partial charge in [-0.2, -0.15) is 0 Å². The van der Waals surface area contributed by atoms with E-state index in [1.807, 2.05) is 7.05 Å². The van der Waals surface area contributed by atoms with Crippen LogP contribution in [-0.2, 0) is 9.59 Å². The van der Waals surface area contributed by atoms with Gasteiger partial charge in [-0.15, -0.1) is 0 Å². The lowest BCUT2D eigenvalue weighted by Crippen LogP contribution is -2.56. The molecule has 34 heavy (non-hydrogen) atoms. The normalized spacial score (nSPS) is 20.1. The van der Waals surface area contributed by atoms with Gasteiger partial charge in [-0.3, -0.25) is 24.1 Å². The number of imide groups is 1. The lowest BCUT2D eigenvalue weighted by Gasteiger charge is -2.38. The second-order valence-corrected chi connectivity index (χ2v) is 8.76. The summed E-state index contributed by atoms with van der Waals surface area (Å²) in [5.74, 6) is -0.725. The maximum Gasteiger partial charge on any atom is 0.265 e. The molecule has 4 amide bonds. The van der Waals surface area contributed by atoms with Crippen LogP contribution in [0.4, 0.5) is 5.69 Å². The van der Waals surface area contributed by atoms with Gasteiger partial charge in [-0.25, -0.2) is 0 Å². The van der Waals surface area contributed by atoms with Gasteiger partial charge in [-0.05, 0) is 31.3 Å². The summed E-state index contributed by atoms with van der Waals surface area (Å²) in [5.41, 5.74) is 1.29. The molecule has 0 N–H and O–H groups in total. The molecule has 0 aromatic heterocycles. The van der Waals surface area contributed by atoms with Gasteiger partial charge < -0.3 is 19.4 Å². The van der Waals surface area contributed by atoms with Gasteiger partial charge in [0.05, 0.1) is 23.4 Å². The SMILES string of the molecule is CN1CCN(C(=O)[C@@H]2CN(C(=O)CCN3C(=O)c4ccccc4C3=O)c3ccccc3O2)CC1. The van der Waals surface area contributed by atoms with Crippen LogP contribution >= 0.6 is 0 Å². The van der Waals surface area contributed by atoms with E-state index in [1.54, 1.807) is 53.4 Å². The van der Waals surface area contributed by atoms with Crippen molar-refractivity contribution in [2.45, 2.75) is 12.5 Å².